The standard InChI is InChI=1S/C18H17N3O/c1-21-9-8-17-16(11-21)18(20-12-19-17)22-15-7-6-13-4-2-3-5-14(13)10-15/h2-7,10,12H,8-9,11H2,1H3. The van der Waals surface area contributed by atoms with Crippen molar-refractivity contribution in [1.29, 1.82) is 0 Å². The van der Waals surface area contributed by atoms with Gasteiger partial charge in [-0.2, -0.15) is 0 Å². The van der Waals surface area contributed by atoms with E-state index < -0.39 is 0 Å². The maximum atomic E-state index is 6.06. The zero-order chi connectivity index (χ0) is 14.9. The first-order valence-electron chi connectivity index (χ1n) is 7.47. The van der Waals surface area contributed by atoms with Crippen molar-refractivity contribution >= 4 is 10.8 Å². The minimum absolute atomic E-state index is 0.673. The van der Waals surface area contributed by atoms with Crippen LogP contribution in [0.4, 0.5) is 0 Å². The smallest absolute Gasteiger partial charge is 0.227 e. The number of rotatable bonds is 2. The Morgan fingerprint density at radius 3 is 2.82 bits per heavy atom. The predicted molar refractivity (Wildman–Crippen MR) is 86.1 cm³/mol. The zero-order valence-corrected chi connectivity index (χ0v) is 12.5. The summed E-state index contributed by atoms with van der Waals surface area (Å²) in [5.41, 5.74) is 2.20. The highest BCUT2D eigenvalue weighted by Gasteiger charge is 2.20. The highest BCUT2D eigenvalue weighted by molar-refractivity contribution is 5.83. The first-order valence-corrected chi connectivity index (χ1v) is 7.47. The van der Waals surface area contributed by atoms with Gasteiger partial charge >= 0.3 is 0 Å². The summed E-state index contributed by atoms with van der Waals surface area (Å²) < 4.78 is 6.06. The highest BCUT2D eigenvalue weighted by Crippen LogP contribution is 2.29. The molecule has 1 aromatic heterocycles. The quantitative estimate of drug-likeness (QED) is 0.725. The van der Waals surface area contributed by atoms with Crippen LogP contribution in [0.3, 0.4) is 0 Å². The highest BCUT2D eigenvalue weighted by atomic mass is 16.5. The monoisotopic (exact) mass is 291 g/mol. The number of aromatic nitrogens is 2. The van der Waals surface area contributed by atoms with Crippen LogP contribution >= 0.6 is 0 Å². The van der Waals surface area contributed by atoms with Crippen molar-refractivity contribution in [2.45, 2.75) is 13.0 Å². The molecular weight excluding hydrogens is 274 g/mol. The lowest BCUT2D eigenvalue weighted by Crippen LogP contribution is -2.27. The van der Waals surface area contributed by atoms with Gasteiger partial charge in [0.05, 0.1) is 11.3 Å². The van der Waals surface area contributed by atoms with E-state index in [9.17, 15) is 0 Å². The van der Waals surface area contributed by atoms with Crippen LogP contribution in [0.2, 0.25) is 0 Å². The fourth-order valence-electron chi connectivity index (χ4n) is 2.88. The normalized spacial score (nSPS) is 14.8. The lowest BCUT2D eigenvalue weighted by Gasteiger charge is -2.25. The molecular formula is C18H17N3O. The summed E-state index contributed by atoms with van der Waals surface area (Å²) in [5, 5.41) is 2.37. The van der Waals surface area contributed by atoms with Crippen LogP contribution < -0.4 is 4.74 Å². The van der Waals surface area contributed by atoms with Gasteiger partial charge < -0.3 is 9.64 Å². The van der Waals surface area contributed by atoms with Crippen LogP contribution in [0, 0.1) is 0 Å². The summed E-state index contributed by atoms with van der Waals surface area (Å²) in [7, 11) is 2.11. The van der Waals surface area contributed by atoms with Gasteiger partial charge in [-0.05, 0) is 30.0 Å². The Hall–Kier alpha value is -2.46. The second-order valence-corrected chi connectivity index (χ2v) is 5.70. The van der Waals surface area contributed by atoms with Gasteiger partial charge in [0.15, 0.2) is 0 Å². The number of nitrogens with zero attached hydrogens (tertiary/aromatic N) is 3. The third-order valence-electron chi connectivity index (χ3n) is 4.09. The average molecular weight is 291 g/mol. The van der Waals surface area contributed by atoms with E-state index in [-0.39, 0.29) is 0 Å². The Labute approximate surface area is 129 Å². The molecule has 0 N–H and O–H groups in total. The Balaban J connectivity index is 1.70. The molecule has 1 aliphatic rings. The molecule has 0 atom stereocenters. The van der Waals surface area contributed by atoms with Crippen molar-refractivity contribution in [2.24, 2.45) is 0 Å². The van der Waals surface area contributed by atoms with Gasteiger partial charge in [-0.15, -0.1) is 0 Å². The molecule has 0 radical (unpaired) electrons. The summed E-state index contributed by atoms with van der Waals surface area (Å²) in [6.07, 6.45) is 2.54. The van der Waals surface area contributed by atoms with Crippen molar-refractivity contribution < 1.29 is 4.74 Å². The molecule has 1 aliphatic heterocycles. The summed E-state index contributed by atoms with van der Waals surface area (Å²) in [5.74, 6) is 1.49. The van der Waals surface area contributed by atoms with Crippen molar-refractivity contribution in [3.8, 4) is 11.6 Å². The van der Waals surface area contributed by atoms with Gasteiger partial charge in [-0.1, -0.05) is 30.3 Å². The minimum Gasteiger partial charge on any atom is -0.439 e. The molecule has 0 bridgehead atoms. The number of benzene rings is 2. The SMILES string of the molecule is CN1CCc2ncnc(Oc3ccc4ccccc4c3)c2C1. The van der Waals surface area contributed by atoms with Gasteiger partial charge in [0, 0.05) is 19.5 Å². The number of ether oxygens (including phenoxy) is 1. The van der Waals surface area contributed by atoms with E-state index in [0.717, 1.165) is 36.5 Å². The molecule has 3 aromatic rings. The lowest BCUT2D eigenvalue weighted by atomic mass is 10.1. The summed E-state index contributed by atoms with van der Waals surface area (Å²) in [6, 6.07) is 14.4. The van der Waals surface area contributed by atoms with E-state index in [1.807, 2.05) is 18.2 Å². The second kappa shape index (κ2) is 5.39. The summed E-state index contributed by atoms with van der Waals surface area (Å²) in [6.45, 7) is 1.86. The lowest BCUT2D eigenvalue weighted by molar-refractivity contribution is 0.300. The summed E-state index contributed by atoms with van der Waals surface area (Å²) >= 11 is 0. The van der Waals surface area contributed by atoms with Crippen molar-refractivity contribution in [3.05, 3.63) is 60.0 Å². The molecule has 110 valence electrons. The molecule has 0 unspecified atom stereocenters. The molecule has 22 heavy (non-hydrogen) atoms. The van der Waals surface area contributed by atoms with E-state index >= 15 is 0 Å². The molecule has 2 aromatic carbocycles. The molecule has 0 amide bonds. The van der Waals surface area contributed by atoms with Crippen LogP contribution in [0.15, 0.2) is 48.8 Å². The van der Waals surface area contributed by atoms with Gasteiger partial charge in [0.2, 0.25) is 5.88 Å². The first kappa shape index (κ1) is 13.2. The van der Waals surface area contributed by atoms with E-state index in [2.05, 4.69) is 46.2 Å². The number of fused-ring (bicyclic) bond motifs is 2. The topological polar surface area (TPSA) is 38.2 Å². The van der Waals surface area contributed by atoms with Crippen molar-refractivity contribution in [2.75, 3.05) is 13.6 Å². The fraction of sp³-hybridized carbons (Fsp3) is 0.222. The van der Waals surface area contributed by atoms with Gasteiger partial charge in [-0.3, -0.25) is 0 Å². The maximum absolute atomic E-state index is 6.06. The van der Waals surface area contributed by atoms with Crippen molar-refractivity contribution in [3.63, 3.8) is 0 Å². The Kier molecular flexibility index (Phi) is 3.24. The fourth-order valence-corrected chi connectivity index (χ4v) is 2.88. The minimum atomic E-state index is 0.673. The van der Waals surface area contributed by atoms with Crippen LogP contribution in [-0.4, -0.2) is 28.5 Å². The van der Waals surface area contributed by atoms with E-state index in [4.69, 9.17) is 4.74 Å². The molecule has 0 spiro atoms. The van der Waals surface area contributed by atoms with Crippen LogP contribution in [0.5, 0.6) is 11.6 Å². The summed E-state index contributed by atoms with van der Waals surface area (Å²) in [4.78, 5) is 11.0. The molecule has 0 saturated carbocycles. The predicted octanol–water partition coefficient (Wildman–Crippen LogP) is 3.41. The van der Waals surface area contributed by atoms with Crippen molar-refractivity contribution in [1.82, 2.24) is 14.9 Å². The zero-order valence-electron chi connectivity index (χ0n) is 12.5. The Morgan fingerprint density at radius 1 is 1.05 bits per heavy atom. The molecule has 0 saturated heterocycles. The maximum Gasteiger partial charge on any atom is 0.227 e. The Morgan fingerprint density at radius 2 is 1.91 bits per heavy atom. The second-order valence-electron chi connectivity index (χ2n) is 5.70. The number of hydrogen-bond acceptors (Lipinski definition) is 4. The number of hydrogen-bond donors (Lipinski definition) is 0. The largest absolute Gasteiger partial charge is 0.439 e. The van der Waals surface area contributed by atoms with Gasteiger partial charge in [-0.25, -0.2) is 9.97 Å². The van der Waals surface area contributed by atoms with E-state index in [1.165, 1.54) is 10.8 Å². The average Bonchev–Trinajstić information content (AvgIpc) is 2.55. The third kappa shape index (κ3) is 2.42. The Bertz CT molecular complexity index is 831. The molecule has 4 nitrogen and oxygen atoms in total. The van der Waals surface area contributed by atoms with Crippen LogP contribution in [0.1, 0.15) is 11.3 Å². The van der Waals surface area contributed by atoms with E-state index in [1.54, 1.807) is 6.33 Å². The molecule has 4 rings (SSSR count). The van der Waals surface area contributed by atoms with Crippen LogP contribution in [0.25, 0.3) is 10.8 Å². The molecule has 0 aliphatic carbocycles. The van der Waals surface area contributed by atoms with E-state index in [0.29, 0.717) is 5.88 Å². The third-order valence-corrected chi connectivity index (χ3v) is 4.09. The first-order chi connectivity index (χ1) is 10.8. The van der Waals surface area contributed by atoms with Gasteiger partial charge in [0.25, 0.3) is 0 Å². The van der Waals surface area contributed by atoms with Crippen LogP contribution in [-0.2, 0) is 13.0 Å². The molecule has 4 heteroatoms. The number of likely N-dealkylation sites (N-methyl/N-ethyl adjacent to an activating group) is 1. The molecule has 0 fully saturated rings. The molecule has 2 heterocycles. The van der Waals surface area contributed by atoms with Gasteiger partial charge in [0.1, 0.15) is 12.1 Å².